The normalized spacial score (nSPS) is 10.8. The molecule has 2 N–H and O–H groups in total. The van der Waals surface area contributed by atoms with Gasteiger partial charge in [0.05, 0.1) is 20.3 Å². The lowest BCUT2D eigenvalue weighted by molar-refractivity contribution is 0.294. The van der Waals surface area contributed by atoms with Gasteiger partial charge in [0.25, 0.3) is 0 Å². The van der Waals surface area contributed by atoms with Gasteiger partial charge in [-0.15, -0.1) is 35.3 Å². The van der Waals surface area contributed by atoms with Crippen LogP contribution in [-0.2, 0) is 13.1 Å². The maximum absolute atomic E-state index is 5.69. The third-order valence-corrected chi connectivity index (χ3v) is 4.60. The average Bonchev–Trinajstić information content (AvgIpc) is 3.05. The Hall–Kier alpha value is -1.48. The van der Waals surface area contributed by atoms with Crippen LogP contribution in [-0.4, -0.2) is 26.7 Å². The Labute approximate surface area is 177 Å². The quantitative estimate of drug-likeness (QED) is 0.329. The molecule has 0 saturated carbocycles. The Balaban J connectivity index is 0.00000338. The van der Waals surface area contributed by atoms with Gasteiger partial charge in [0.1, 0.15) is 0 Å². The minimum absolute atomic E-state index is 0. The fraction of sp³-hybridized carbons (Fsp3) is 0.421. The number of ether oxygens (including phenoxy) is 2. The molecule has 5 nitrogen and oxygen atoms in total. The lowest BCUT2D eigenvalue weighted by atomic mass is 10.2. The Morgan fingerprint density at radius 1 is 1.12 bits per heavy atom. The van der Waals surface area contributed by atoms with E-state index in [-0.39, 0.29) is 24.0 Å². The first kappa shape index (κ1) is 22.6. The zero-order valence-corrected chi connectivity index (χ0v) is 18.9. The lowest BCUT2D eigenvalue weighted by Gasteiger charge is -2.14. The van der Waals surface area contributed by atoms with E-state index in [2.05, 4.69) is 41.6 Å². The molecule has 1 heterocycles. The van der Waals surface area contributed by atoms with E-state index in [0.29, 0.717) is 13.2 Å². The Morgan fingerprint density at radius 2 is 1.88 bits per heavy atom. The third-order valence-electron chi connectivity index (χ3n) is 3.60. The molecular weight excluding hydrogens is 461 g/mol. The molecule has 2 aromatic rings. The largest absolute Gasteiger partial charge is 0.493 e. The number of hydrogen-bond donors (Lipinski definition) is 2. The molecule has 0 radical (unpaired) electrons. The average molecular weight is 489 g/mol. The molecule has 0 aliphatic heterocycles. The number of nitrogens with zero attached hydrogens (tertiary/aromatic N) is 1. The molecule has 0 aliphatic carbocycles. The number of hydrogen-bond acceptors (Lipinski definition) is 4. The summed E-state index contributed by atoms with van der Waals surface area (Å²) in [5.74, 6) is 2.31. The second-order valence-electron chi connectivity index (χ2n) is 5.63. The Morgan fingerprint density at radius 3 is 2.50 bits per heavy atom. The van der Waals surface area contributed by atoms with Gasteiger partial charge in [0.15, 0.2) is 17.5 Å². The van der Waals surface area contributed by atoms with Gasteiger partial charge in [0.2, 0.25) is 0 Å². The van der Waals surface area contributed by atoms with E-state index in [1.807, 2.05) is 18.2 Å². The fourth-order valence-electron chi connectivity index (χ4n) is 2.31. The molecule has 0 atom stereocenters. The van der Waals surface area contributed by atoms with Crippen molar-refractivity contribution in [1.29, 1.82) is 0 Å². The molecular formula is C19H28IN3O2S. The van der Waals surface area contributed by atoms with Crippen LogP contribution in [0.25, 0.3) is 0 Å². The van der Waals surface area contributed by atoms with E-state index in [4.69, 9.17) is 9.47 Å². The molecule has 0 unspecified atom stereocenters. The number of thiophene rings is 1. The number of methoxy groups -OCH3 is 1. The van der Waals surface area contributed by atoms with Crippen LogP contribution in [0.3, 0.4) is 0 Å². The number of aryl methyl sites for hydroxylation is 1. The molecule has 0 fully saturated rings. The van der Waals surface area contributed by atoms with Crippen LogP contribution in [0.15, 0.2) is 35.3 Å². The van der Waals surface area contributed by atoms with Crippen molar-refractivity contribution in [3.05, 3.63) is 45.6 Å². The van der Waals surface area contributed by atoms with E-state index in [9.17, 15) is 0 Å². The molecule has 1 aromatic carbocycles. The summed E-state index contributed by atoms with van der Waals surface area (Å²) in [6, 6.07) is 10.3. The summed E-state index contributed by atoms with van der Waals surface area (Å²) in [5, 5.41) is 6.65. The van der Waals surface area contributed by atoms with E-state index in [0.717, 1.165) is 36.0 Å². The summed E-state index contributed by atoms with van der Waals surface area (Å²) in [4.78, 5) is 6.88. The molecule has 0 amide bonds. The monoisotopic (exact) mass is 489 g/mol. The minimum Gasteiger partial charge on any atom is -0.493 e. The molecule has 7 heteroatoms. The van der Waals surface area contributed by atoms with Crippen LogP contribution < -0.4 is 20.1 Å². The second-order valence-corrected chi connectivity index (χ2v) is 7.00. The molecule has 2 rings (SSSR count). The minimum atomic E-state index is 0. The Bertz CT molecular complexity index is 704. The number of aliphatic imine (C=N–C) groups is 1. The smallest absolute Gasteiger partial charge is 0.191 e. The maximum Gasteiger partial charge on any atom is 0.191 e. The predicted octanol–water partition coefficient (Wildman–Crippen LogP) is 4.34. The molecule has 0 bridgehead atoms. The maximum atomic E-state index is 5.69. The summed E-state index contributed by atoms with van der Waals surface area (Å²) in [5.41, 5.74) is 1.11. The highest BCUT2D eigenvalue weighted by Crippen LogP contribution is 2.28. The van der Waals surface area contributed by atoms with Crippen LogP contribution in [0.5, 0.6) is 11.5 Å². The second kappa shape index (κ2) is 12.0. The molecule has 0 spiro atoms. The van der Waals surface area contributed by atoms with E-state index in [1.54, 1.807) is 25.5 Å². The first-order chi connectivity index (χ1) is 12.2. The number of nitrogens with one attached hydrogen (secondary N) is 2. The highest BCUT2D eigenvalue weighted by molar-refractivity contribution is 14.0. The number of benzene rings is 1. The van der Waals surface area contributed by atoms with E-state index in [1.165, 1.54) is 9.75 Å². The van der Waals surface area contributed by atoms with Crippen LogP contribution >= 0.6 is 35.3 Å². The van der Waals surface area contributed by atoms with Gasteiger partial charge in [-0.25, -0.2) is 0 Å². The van der Waals surface area contributed by atoms with Crippen molar-refractivity contribution in [2.75, 3.05) is 20.8 Å². The summed E-state index contributed by atoms with van der Waals surface area (Å²) >= 11 is 1.79. The van der Waals surface area contributed by atoms with Crippen molar-refractivity contribution in [3.8, 4) is 11.5 Å². The fourth-order valence-corrected chi connectivity index (χ4v) is 3.14. The third kappa shape index (κ3) is 7.03. The van der Waals surface area contributed by atoms with Crippen molar-refractivity contribution in [1.82, 2.24) is 10.6 Å². The first-order valence-electron chi connectivity index (χ1n) is 8.45. The van der Waals surface area contributed by atoms with Crippen LogP contribution in [0.2, 0.25) is 0 Å². The van der Waals surface area contributed by atoms with Crippen LogP contribution in [0.1, 0.15) is 28.7 Å². The van der Waals surface area contributed by atoms with Gasteiger partial charge in [-0.3, -0.25) is 4.99 Å². The van der Waals surface area contributed by atoms with Crippen molar-refractivity contribution in [2.24, 2.45) is 4.99 Å². The van der Waals surface area contributed by atoms with Crippen molar-refractivity contribution in [2.45, 2.75) is 33.4 Å². The summed E-state index contributed by atoms with van der Waals surface area (Å²) < 4.78 is 11.1. The van der Waals surface area contributed by atoms with Gasteiger partial charge in [-0.1, -0.05) is 13.0 Å². The van der Waals surface area contributed by atoms with Gasteiger partial charge in [-0.05, 0) is 43.2 Å². The number of rotatable bonds is 8. The lowest BCUT2D eigenvalue weighted by Crippen LogP contribution is -2.36. The van der Waals surface area contributed by atoms with Gasteiger partial charge >= 0.3 is 0 Å². The van der Waals surface area contributed by atoms with E-state index < -0.39 is 0 Å². The first-order valence-corrected chi connectivity index (χ1v) is 9.27. The predicted molar refractivity (Wildman–Crippen MR) is 120 cm³/mol. The Kier molecular flexibility index (Phi) is 10.4. The van der Waals surface area contributed by atoms with Crippen molar-refractivity contribution < 1.29 is 9.47 Å². The summed E-state index contributed by atoms with van der Waals surface area (Å²) in [7, 11) is 3.44. The molecule has 0 aliphatic rings. The summed E-state index contributed by atoms with van der Waals surface area (Å²) in [6.45, 7) is 6.31. The molecule has 1 aromatic heterocycles. The highest BCUT2D eigenvalue weighted by Gasteiger charge is 2.06. The van der Waals surface area contributed by atoms with Crippen molar-refractivity contribution >= 4 is 41.3 Å². The number of guanidine groups is 1. The molecule has 0 saturated heterocycles. The molecule has 144 valence electrons. The topological polar surface area (TPSA) is 54.9 Å². The highest BCUT2D eigenvalue weighted by atomic mass is 127. The van der Waals surface area contributed by atoms with Crippen LogP contribution in [0.4, 0.5) is 0 Å². The van der Waals surface area contributed by atoms with Gasteiger partial charge < -0.3 is 20.1 Å². The van der Waals surface area contributed by atoms with E-state index >= 15 is 0 Å². The van der Waals surface area contributed by atoms with Gasteiger partial charge in [-0.2, -0.15) is 0 Å². The zero-order chi connectivity index (χ0) is 18.1. The zero-order valence-electron chi connectivity index (χ0n) is 15.8. The molecule has 26 heavy (non-hydrogen) atoms. The summed E-state index contributed by atoms with van der Waals surface area (Å²) in [6.07, 6.45) is 0.970. The SMILES string of the molecule is CCCOc1ccc(CNC(=NC)NCc2ccc(C)s2)cc1OC.I. The number of halogens is 1. The van der Waals surface area contributed by atoms with Gasteiger partial charge in [0, 0.05) is 23.3 Å². The van der Waals surface area contributed by atoms with Crippen LogP contribution in [0, 0.1) is 6.92 Å². The van der Waals surface area contributed by atoms with Crippen molar-refractivity contribution in [3.63, 3.8) is 0 Å². The standard InChI is InChI=1S/C19H27N3O2S.HI/c1-5-10-24-17-9-7-15(11-18(17)23-4)12-21-19(20-3)22-13-16-8-6-14(2)25-16;/h6-9,11H,5,10,12-13H2,1-4H3,(H2,20,21,22);1H.